The predicted molar refractivity (Wildman–Crippen MR) is 197 cm³/mol. The van der Waals surface area contributed by atoms with E-state index in [1.54, 1.807) is 0 Å². The Morgan fingerprint density at radius 3 is 1.89 bits per heavy atom. The molecular weight excluding hydrogens is 576 g/mol. The largest absolute Gasteiger partial charge is 0.455 e. The van der Waals surface area contributed by atoms with Gasteiger partial charge in [-0.1, -0.05) is 100 Å². The number of fused-ring (bicyclic) bond motifs is 9. The van der Waals surface area contributed by atoms with E-state index in [2.05, 4.69) is 152 Å². The molecule has 0 aliphatic carbocycles. The molecule has 0 bridgehead atoms. The van der Waals surface area contributed by atoms with Crippen LogP contribution in [0.5, 0.6) is 0 Å². The molecular formula is C43H34N2O2. The van der Waals surface area contributed by atoms with Crippen LogP contribution in [0.1, 0.15) is 50.7 Å². The van der Waals surface area contributed by atoms with Crippen LogP contribution in [0.3, 0.4) is 0 Å². The van der Waals surface area contributed by atoms with E-state index in [1.165, 1.54) is 21.5 Å². The molecule has 0 aliphatic heterocycles. The number of hydrogen-bond donors (Lipinski definition) is 0. The van der Waals surface area contributed by atoms with Gasteiger partial charge in [0.25, 0.3) is 0 Å². The smallest absolute Gasteiger partial charge is 0.200 e. The quantitative estimate of drug-likeness (QED) is 0.186. The number of hydrogen-bond acceptors (Lipinski definition) is 2. The van der Waals surface area contributed by atoms with Gasteiger partial charge < -0.3 is 13.6 Å². The fourth-order valence-electron chi connectivity index (χ4n) is 7.69. The van der Waals surface area contributed by atoms with E-state index in [4.69, 9.17) is 4.42 Å². The summed E-state index contributed by atoms with van der Waals surface area (Å²) in [4.78, 5) is 14.2. The molecule has 6 aromatic carbocycles. The average molecular weight is 611 g/mol. The second-order valence-corrected chi connectivity index (χ2v) is 13.3. The van der Waals surface area contributed by atoms with E-state index < -0.39 is 0 Å². The van der Waals surface area contributed by atoms with Gasteiger partial charge in [0.05, 0.1) is 32.8 Å². The van der Waals surface area contributed by atoms with E-state index in [9.17, 15) is 4.79 Å². The highest BCUT2D eigenvalue weighted by Crippen LogP contribution is 2.42. The van der Waals surface area contributed by atoms with Crippen LogP contribution in [0.25, 0.3) is 76.9 Å². The summed E-state index contributed by atoms with van der Waals surface area (Å²) in [5.74, 6) is 0.423. The van der Waals surface area contributed by atoms with Crippen LogP contribution >= 0.6 is 0 Å². The van der Waals surface area contributed by atoms with Crippen LogP contribution in [-0.4, -0.2) is 9.13 Å². The minimum atomic E-state index is 0.0366. The maximum absolute atomic E-state index is 14.2. The number of benzene rings is 6. The van der Waals surface area contributed by atoms with Crippen molar-refractivity contribution in [3.05, 3.63) is 143 Å². The molecule has 9 aromatic rings. The van der Waals surface area contributed by atoms with Gasteiger partial charge in [-0.15, -0.1) is 0 Å². The van der Waals surface area contributed by atoms with Crippen molar-refractivity contribution in [3.8, 4) is 11.4 Å². The molecule has 47 heavy (non-hydrogen) atoms. The lowest BCUT2D eigenvalue weighted by atomic mass is 9.92. The van der Waals surface area contributed by atoms with E-state index >= 15 is 0 Å². The summed E-state index contributed by atoms with van der Waals surface area (Å²) in [5, 5.41) is 6.08. The molecule has 0 amide bonds. The first-order valence-corrected chi connectivity index (χ1v) is 16.5. The Hall–Kier alpha value is -5.61. The lowest BCUT2D eigenvalue weighted by Crippen LogP contribution is -2.08. The third-order valence-electron chi connectivity index (χ3n) is 9.86. The van der Waals surface area contributed by atoms with E-state index in [1.807, 2.05) is 6.07 Å². The van der Waals surface area contributed by atoms with Crippen molar-refractivity contribution in [1.82, 2.24) is 9.13 Å². The van der Waals surface area contributed by atoms with Crippen molar-refractivity contribution in [3.63, 3.8) is 0 Å². The van der Waals surface area contributed by atoms with E-state index in [0.29, 0.717) is 21.9 Å². The van der Waals surface area contributed by atoms with Crippen molar-refractivity contribution in [2.75, 3.05) is 0 Å². The zero-order valence-electron chi connectivity index (χ0n) is 26.9. The fourth-order valence-corrected chi connectivity index (χ4v) is 7.69. The van der Waals surface area contributed by atoms with Crippen molar-refractivity contribution >= 4 is 65.6 Å². The molecule has 3 heterocycles. The lowest BCUT2D eigenvalue weighted by molar-refractivity contribution is 0.646. The second kappa shape index (κ2) is 10.2. The van der Waals surface area contributed by atoms with Crippen LogP contribution in [0.4, 0.5) is 0 Å². The maximum Gasteiger partial charge on any atom is 0.200 e. The van der Waals surface area contributed by atoms with Gasteiger partial charge in [-0.3, -0.25) is 4.79 Å². The first-order valence-electron chi connectivity index (χ1n) is 16.5. The molecule has 3 aromatic heterocycles. The van der Waals surface area contributed by atoms with Crippen molar-refractivity contribution < 1.29 is 4.42 Å². The first-order chi connectivity index (χ1) is 22.9. The molecule has 0 saturated carbocycles. The third kappa shape index (κ3) is 3.91. The molecule has 0 aliphatic rings. The maximum atomic E-state index is 14.2. The molecule has 0 spiro atoms. The lowest BCUT2D eigenvalue weighted by Gasteiger charge is -2.16. The van der Waals surface area contributed by atoms with Crippen molar-refractivity contribution in [2.24, 2.45) is 0 Å². The predicted octanol–water partition coefficient (Wildman–Crippen LogP) is 11.4. The van der Waals surface area contributed by atoms with Crippen molar-refractivity contribution in [2.45, 2.75) is 39.5 Å². The monoisotopic (exact) mass is 610 g/mol. The van der Waals surface area contributed by atoms with Gasteiger partial charge >= 0.3 is 0 Å². The highest BCUT2D eigenvalue weighted by Gasteiger charge is 2.22. The summed E-state index contributed by atoms with van der Waals surface area (Å²) in [6.07, 6.45) is 0. The summed E-state index contributed by atoms with van der Waals surface area (Å²) < 4.78 is 11.5. The number of aromatic nitrogens is 2. The Bertz CT molecular complexity index is 2760. The van der Waals surface area contributed by atoms with E-state index in [0.717, 1.165) is 44.6 Å². The summed E-state index contributed by atoms with van der Waals surface area (Å²) in [7, 11) is 0. The molecule has 0 unspecified atom stereocenters. The van der Waals surface area contributed by atoms with Gasteiger partial charge in [-0.2, -0.15) is 0 Å². The zero-order chi connectivity index (χ0) is 32.0. The average Bonchev–Trinajstić information content (AvgIpc) is 3.61. The van der Waals surface area contributed by atoms with Gasteiger partial charge in [-0.25, -0.2) is 0 Å². The Labute approximate surface area is 272 Å². The Balaban J connectivity index is 1.42. The molecule has 0 N–H and O–H groups in total. The number of nitrogens with zero attached hydrogens (tertiary/aromatic N) is 2. The van der Waals surface area contributed by atoms with Crippen LogP contribution in [0, 0.1) is 0 Å². The molecule has 4 heteroatoms. The topological polar surface area (TPSA) is 40.1 Å². The molecule has 4 nitrogen and oxygen atoms in total. The molecule has 9 rings (SSSR count). The molecule has 0 radical (unpaired) electrons. The Morgan fingerprint density at radius 1 is 0.511 bits per heavy atom. The van der Waals surface area contributed by atoms with Gasteiger partial charge in [0.1, 0.15) is 11.2 Å². The fraction of sp³-hybridized carbons (Fsp3) is 0.140. The third-order valence-corrected chi connectivity index (χ3v) is 9.86. The highest BCUT2D eigenvalue weighted by atomic mass is 16.3. The van der Waals surface area contributed by atoms with Gasteiger partial charge in [-0.05, 0) is 65.4 Å². The minimum Gasteiger partial charge on any atom is -0.455 e. The molecule has 228 valence electrons. The normalized spacial score (nSPS) is 12.3. The van der Waals surface area contributed by atoms with Crippen LogP contribution in [0.2, 0.25) is 0 Å². The SMILES string of the molecule is CC(C)c1ccc(C(C)C)c2c(=O)c3ccc(-n4c5ccccc5c5ccc6c(c7ccccc7n6-c6ccccc6)c54)cc3oc12. The second-order valence-electron chi connectivity index (χ2n) is 13.3. The zero-order valence-corrected chi connectivity index (χ0v) is 26.9. The molecule has 0 atom stereocenters. The van der Waals surface area contributed by atoms with Crippen LogP contribution < -0.4 is 5.43 Å². The number of rotatable bonds is 4. The van der Waals surface area contributed by atoms with Crippen LogP contribution in [-0.2, 0) is 0 Å². The van der Waals surface area contributed by atoms with Gasteiger partial charge in [0.15, 0.2) is 0 Å². The van der Waals surface area contributed by atoms with Crippen molar-refractivity contribution in [1.29, 1.82) is 0 Å². The first kappa shape index (κ1) is 27.7. The minimum absolute atomic E-state index is 0.0366. The Kier molecular flexibility index (Phi) is 6.01. The standard InChI is InChI=1S/C43H34N2O2/c1-25(2)29-20-21-30(26(3)4)43-40(29)42(46)34-19-18-28(24-38(34)47-43)45-35-16-10-8-14-31(35)32-22-23-37-39(41(32)45)33-15-9-11-17-36(33)44(37)27-12-6-5-7-13-27/h5-26H,1-4H3. The Morgan fingerprint density at radius 2 is 1.15 bits per heavy atom. The van der Waals surface area contributed by atoms with Gasteiger partial charge in [0.2, 0.25) is 5.43 Å². The van der Waals surface area contributed by atoms with E-state index in [-0.39, 0.29) is 17.3 Å². The summed E-state index contributed by atoms with van der Waals surface area (Å²) in [6, 6.07) is 42.7. The highest BCUT2D eigenvalue weighted by molar-refractivity contribution is 6.26. The molecule has 0 fully saturated rings. The molecule has 0 saturated heterocycles. The summed E-state index contributed by atoms with van der Waals surface area (Å²) in [6.45, 7) is 8.57. The number of para-hydroxylation sites is 3. The summed E-state index contributed by atoms with van der Waals surface area (Å²) in [5.41, 5.74) is 10.1. The van der Waals surface area contributed by atoms with Gasteiger partial charge in [0, 0.05) is 39.0 Å². The summed E-state index contributed by atoms with van der Waals surface area (Å²) >= 11 is 0. The van der Waals surface area contributed by atoms with Crippen LogP contribution in [0.15, 0.2) is 131 Å².